The molecule has 1 aromatic rings. The lowest BCUT2D eigenvalue weighted by molar-refractivity contribution is 0.117. The third kappa shape index (κ3) is 4.06. The molecule has 1 fully saturated rings. The molecule has 1 aromatic heterocycles. The second-order valence-electron chi connectivity index (χ2n) is 5.97. The van der Waals surface area contributed by atoms with E-state index in [1.807, 2.05) is 6.92 Å². The van der Waals surface area contributed by atoms with Crippen LogP contribution in [-0.2, 0) is 13.1 Å². The Morgan fingerprint density at radius 2 is 1.84 bits per heavy atom. The summed E-state index contributed by atoms with van der Waals surface area (Å²) in [7, 11) is 0. The molecule has 2 N–H and O–H groups in total. The van der Waals surface area contributed by atoms with E-state index in [1.54, 1.807) is 0 Å². The van der Waals surface area contributed by atoms with Crippen LogP contribution in [0.4, 0.5) is 0 Å². The van der Waals surface area contributed by atoms with Gasteiger partial charge in [-0.25, -0.2) is 0 Å². The van der Waals surface area contributed by atoms with E-state index in [0.29, 0.717) is 6.54 Å². The predicted octanol–water partition coefficient (Wildman–Crippen LogP) is 1.82. The Labute approximate surface area is 116 Å². The Kier molecular flexibility index (Phi) is 5.02. The van der Waals surface area contributed by atoms with E-state index in [2.05, 4.69) is 29.7 Å². The molecule has 2 heterocycles. The van der Waals surface area contributed by atoms with Crippen molar-refractivity contribution in [3.63, 3.8) is 0 Å². The molecule has 2 rings (SSSR count). The van der Waals surface area contributed by atoms with Gasteiger partial charge in [0.1, 0.15) is 11.5 Å². The van der Waals surface area contributed by atoms with Crippen molar-refractivity contribution in [1.29, 1.82) is 0 Å². The molecule has 0 aliphatic carbocycles. The Bertz CT molecular complexity index is 392. The van der Waals surface area contributed by atoms with Gasteiger partial charge in [-0.15, -0.1) is 0 Å². The van der Waals surface area contributed by atoms with E-state index >= 15 is 0 Å². The molecule has 19 heavy (non-hydrogen) atoms. The van der Waals surface area contributed by atoms with Gasteiger partial charge in [0.25, 0.3) is 0 Å². The molecule has 0 saturated carbocycles. The van der Waals surface area contributed by atoms with Crippen LogP contribution in [0.1, 0.15) is 30.9 Å². The number of nitrogens with two attached hydrogens (primary N) is 1. The molecule has 108 valence electrons. The van der Waals surface area contributed by atoms with Crippen molar-refractivity contribution >= 4 is 0 Å². The molecule has 0 spiro atoms. The molecule has 0 aromatic carbocycles. The fourth-order valence-electron chi connectivity index (χ4n) is 2.73. The first-order chi connectivity index (χ1) is 9.08. The lowest BCUT2D eigenvalue weighted by atomic mass is 10.1. The zero-order chi connectivity index (χ0) is 13.8. The van der Waals surface area contributed by atoms with E-state index < -0.39 is 0 Å². The molecular weight excluding hydrogens is 238 g/mol. The van der Waals surface area contributed by atoms with Gasteiger partial charge in [0.15, 0.2) is 0 Å². The summed E-state index contributed by atoms with van der Waals surface area (Å²) in [6, 6.07) is 2.11. The summed E-state index contributed by atoms with van der Waals surface area (Å²) < 4.78 is 5.62. The zero-order valence-corrected chi connectivity index (χ0v) is 12.5. The first-order valence-electron chi connectivity index (χ1n) is 7.31. The molecule has 0 atom stereocenters. The van der Waals surface area contributed by atoms with E-state index in [4.69, 9.17) is 10.2 Å². The van der Waals surface area contributed by atoms with Gasteiger partial charge < -0.3 is 15.1 Å². The molecule has 1 aliphatic heterocycles. The maximum atomic E-state index is 5.62. The molecule has 0 amide bonds. The largest absolute Gasteiger partial charge is 0.465 e. The standard InChI is InChI=1S/C15H27N3O/c1-12(2)10-17-4-6-18(7-5-17)11-14-8-15(9-16)19-13(14)3/h8,12H,4-7,9-11,16H2,1-3H3. The van der Waals surface area contributed by atoms with Crippen LogP contribution in [0.5, 0.6) is 0 Å². The van der Waals surface area contributed by atoms with Crippen molar-refractivity contribution in [3.8, 4) is 0 Å². The fourth-order valence-corrected chi connectivity index (χ4v) is 2.73. The summed E-state index contributed by atoms with van der Waals surface area (Å²) in [5.74, 6) is 2.67. The summed E-state index contributed by atoms with van der Waals surface area (Å²) in [6.07, 6.45) is 0. The minimum absolute atomic E-state index is 0.489. The number of aryl methyl sites for hydroxylation is 1. The topological polar surface area (TPSA) is 45.6 Å². The first-order valence-corrected chi connectivity index (χ1v) is 7.31. The number of hydrogen-bond acceptors (Lipinski definition) is 4. The summed E-state index contributed by atoms with van der Waals surface area (Å²) in [5, 5.41) is 0. The molecular formula is C15H27N3O. The Hall–Kier alpha value is -0.840. The first kappa shape index (κ1) is 14.6. The Morgan fingerprint density at radius 1 is 1.21 bits per heavy atom. The molecule has 1 aliphatic rings. The number of rotatable bonds is 5. The van der Waals surface area contributed by atoms with Gasteiger partial charge in [-0.1, -0.05) is 13.8 Å². The minimum Gasteiger partial charge on any atom is -0.465 e. The third-order valence-electron chi connectivity index (χ3n) is 3.76. The number of furan rings is 1. The highest BCUT2D eigenvalue weighted by atomic mass is 16.3. The predicted molar refractivity (Wildman–Crippen MR) is 77.9 cm³/mol. The van der Waals surface area contributed by atoms with Gasteiger partial charge >= 0.3 is 0 Å². The van der Waals surface area contributed by atoms with Gasteiger partial charge in [0, 0.05) is 44.8 Å². The van der Waals surface area contributed by atoms with E-state index in [0.717, 1.165) is 37.1 Å². The van der Waals surface area contributed by atoms with Crippen LogP contribution in [0.3, 0.4) is 0 Å². The van der Waals surface area contributed by atoms with Crippen molar-refractivity contribution in [3.05, 3.63) is 23.2 Å². The Morgan fingerprint density at radius 3 is 2.37 bits per heavy atom. The molecule has 0 bridgehead atoms. The van der Waals surface area contributed by atoms with Crippen molar-refractivity contribution < 1.29 is 4.42 Å². The SMILES string of the molecule is Cc1oc(CN)cc1CN1CCN(CC(C)C)CC1. The van der Waals surface area contributed by atoms with E-state index in [9.17, 15) is 0 Å². The van der Waals surface area contributed by atoms with Gasteiger partial charge in [-0.2, -0.15) is 0 Å². The molecule has 0 radical (unpaired) electrons. The summed E-state index contributed by atoms with van der Waals surface area (Å²) in [6.45, 7) is 14.0. The van der Waals surface area contributed by atoms with Crippen LogP contribution in [0.2, 0.25) is 0 Å². The highest BCUT2D eigenvalue weighted by Crippen LogP contribution is 2.17. The second kappa shape index (κ2) is 6.55. The van der Waals surface area contributed by atoms with Crippen LogP contribution < -0.4 is 5.73 Å². The van der Waals surface area contributed by atoms with Crippen LogP contribution >= 0.6 is 0 Å². The summed E-state index contributed by atoms with van der Waals surface area (Å²) in [4.78, 5) is 5.07. The number of piperazine rings is 1. The highest BCUT2D eigenvalue weighted by Gasteiger charge is 2.19. The van der Waals surface area contributed by atoms with Crippen LogP contribution in [-0.4, -0.2) is 42.5 Å². The minimum atomic E-state index is 0.489. The summed E-state index contributed by atoms with van der Waals surface area (Å²) in [5.41, 5.74) is 6.91. The third-order valence-corrected chi connectivity index (χ3v) is 3.76. The van der Waals surface area contributed by atoms with Crippen LogP contribution in [0.15, 0.2) is 10.5 Å². The maximum absolute atomic E-state index is 5.62. The number of nitrogens with zero attached hydrogens (tertiary/aromatic N) is 2. The van der Waals surface area contributed by atoms with E-state index in [-0.39, 0.29) is 0 Å². The normalized spacial score (nSPS) is 18.4. The van der Waals surface area contributed by atoms with Crippen LogP contribution in [0, 0.1) is 12.8 Å². The maximum Gasteiger partial charge on any atom is 0.118 e. The summed E-state index contributed by atoms with van der Waals surface area (Å²) >= 11 is 0. The molecule has 4 nitrogen and oxygen atoms in total. The molecule has 1 saturated heterocycles. The number of hydrogen-bond donors (Lipinski definition) is 1. The lowest BCUT2D eigenvalue weighted by Crippen LogP contribution is -2.46. The fraction of sp³-hybridized carbons (Fsp3) is 0.733. The van der Waals surface area contributed by atoms with Crippen LogP contribution in [0.25, 0.3) is 0 Å². The second-order valence-corrected chi connectivity index (χ2v) is 5.97. The van der Waals surface area contributed by atoms with Gasteiger partial charge in [-0.05, 0) is 18.9 Å². The molecule has 4 heteroatoms. The smallest absolute Gasteiger partial charge is 0.118 e. The van der Waals surface area contributed by atoms with Crippen molar-refractivity contribution in [2.45, 2.75) is 33.9 Å². The lowest BCUT2D eigenvalue weighted by Gasteiger charge is -2.35. The molecule has 0 unspecified atom stereocenters. The van der Waals surface area contributed by atoms with Gasteiger partial charge in [-0.3, -0.25) is 4.90 Å². The highest BCUT2D eigenvalue weighted by molar-refractivity contribution is 5.20. The van der Waals surface area contributed by atoms with Crippen molar-refractivity contribution in [1.82, 2.24) is 9.80 Å². The quantitative estimate of drug-likeness (QED) is 0.882. The van der Waals surface area contributed by atoms with Gasteiger partial charge in [0.2, 0.25) is 0 Å². The zero-order valence-electron chi connectivity index (χ0n) is 12.5. The monoisotopic (exact) mass is 265 g/mol. The van der Waals surface area contributed by atoms with Crippen molar-refractivity contribution in [2.24, 2.45) is 11.7 Å². The average Bonchev–Trinajstić information content (AvgIpc) is 2.72. The van der Waals surface area contributed by atoms with Crippen molar-refractivity contribution in [2.75, 3.05) is 32.7 Å². The Balaban J connectivity index is 1.83. The van der Waals surface area contributed by atoms with E-state index in [1.165, 1.54) is 25.2 Å². The average molecular weight is 265 g/mol. The van der Waals surface area contributed by atoms with Gasteiger partial charge in [0.05, 0.1) is 6.54 Å².